The quantitative estimate of drug-likeness (QED) is 0.273. The van der Waals surface area contributed by atoms with Crippen molar-refractivity contribution in [2.45, 2.75) is 86.2 Å². The second-order valence-electron chi connectivity index (χ2n) is 9.73. The molecule has 0 heterocycles. The molecule has 0 spiro atoms. The first-order valence-corrected chi connectivity index (χ1v) is 17.3. The summed E-state index contributed by atoms with van der Waals surface area (Å²) >= 11 is -3.42. The van der Waals surface area contributed by atoms with E-state index in [-0.39, 0.29) is 3.12 Å². The topological polar surface area (TPSA) is 9.72 Å². The molecule has 176 valence electrons. The molecule has 1 aliphatic carbocycles. The van der Waals surface area contributed by atoms with Gasteiger partial charge in [0.05, 0.1) is 0 Å². The second-order valence-corrected chi connectivity index (χ2v) is 19.6. The third kappa shape index (κ3) is 4.50. The van der Waals surface area contributed by atoms with E-state index in [4.69, 9.17) is 0 Å². The van der Waals surface area contributed by atoms with Crippen LogP contribution in [0.5, 0.6) is 0 Å². The normalized spacial score (nSPS) is 20.5. The van der Waals surface area contributed by atoms with Crippen LogP contribution in [0.2, 0.25) is 3.12 Å². The van der Waals surface area contributed by atoms with Gasteiger partial charge in [0, 0.05) is 0 Å². The molecule has 0 N–H and O–H groups in total. The second kappa shape index (κ2) is 11.9. The van der Waals surface area contributed by atoms with Gasteiger partial charge < -0.3 is 0 Å². The van der Waals surface area contributed by atoms with E-state index in [1.807, 2.05) is 0 Å². The number of hydrogen-bond donors (Lipinski definition) is 0. The summed E-state index contributed by atoms with van der Waals surface area (Å²) in [5.41, 5.74) is 3.28. The third-order valence-electron chi connectivity index (χ3n) is 7.56. The average Bonchev–Trinajstić information content (AvgIpc) is 3.13. The molecule has 0 aromatic heterocycles. The fourth-order valence-corrected chi connectivity index (χ4v) is 24.2. The van der Waals surface area contributed by atoms with Gasteiger partial charge in [0.2, 0.25) is 0 Å². The molecule has 1 aliphatic rings. The molecular weight excluding hydrogens is 446 g/mol. The van der Waals surface area contributed by atoms with Crippen LogP contribution in [0.4, 0.5) is 0 Å². The van der Waals surface area contributed by atoms with Crippen molar-refractivity contribution < 1.29 is 21.1 Å². The third-order valence-corrected chi connectivity index (χ3v) is 23.9. The molecule has 30 heavy (non-hydrogen) atoms. The van der Waals surface area contributed by atoms with Gasteiger partial charge in [-0.25, -0.2) is 0 Å². The van der Waals surface area contributed by atoms with E-state index in [2.05, 4.69) is 104 Å². The Morgan fingerprint density at radius 1 is 0.667 bits per heavy atom. The molecule has 3 nitrogen and oxygen atoms in total. The van der Waals surface area contributed by atoms with Crippen LogP contribution in [0.25, 0.3) is 0 Å². The predicted octanol–water partition coefficient (Wildman–Crippen LogP) is 6.90. The molecule has 0 saturated carbocycles. The maximum absolute atomic E-state index is 3.42. The van der Waals surface area contributed by atoms with Gasteiger partial charge in [-0.3, -0.25) is 0 Å². The first-order chi connectivity index (χ1) is 14.1. The van der Waals surface area contributed by atoms with Crippen LogP contribution in [0.1, 0.15) is 83.1 Å². The van der Waals surface area contributed by atoms with Gasteiger partial charge in [-0.2, -0.15) is 0 Å². The Kier molecular flexibility index (Phi) is 11.2. The molecule has 0 fully saturated rings. The van der Waals surface area contributed by atoms with Gasteiger partial charge in [0.15, 0.2) is 0 Å². The molecular formula is C26H53N3Zr. The summed E-state index contributed by atoms with van der Waals surface area (Å²) in [7, 11) is 0. The minimum atomic E-state index is -3.42. The SMILES string of the molecule is CC[N](CC)[Zr]([N](CC)CC)([N](CC)CC)[C]1(C(C)C)C=C(C(C)C)C=C1C(C)C. The summed E-state index contributed by atoms with van der Waals surface area (Å²) in [5.74, 6) is 1.73. The number of nitrogens with zero attached hydrogens (tertiary/aromatic N) is 3. The Morgan fingerprint density at radius 3 is 1.27 bits per heavy atom. The molecule has 1 atom stereocenters. The van der Waals surface area contributed by atoms with Crippen LogP contribution in [-0.4, -0.2) is 47.8 Å². The number of hydrogen-bond acceptors (Lipinski definition) is 3. The van der Waals surface area contributed by atoms with Crippen LogP contribution >= 0.6 is 0 Å². The monoisotopic (exact) mass is 497 g/mol. The molecule has 4 heteroatoms. The van der Waals surface area contributed by atoms with Gasteiger partial charge in [-0.15, -0.1) is 0 Å². The zero-order chi connectivity index (χ0) is 23.3. The van der Waals surface area contributed by atoms with E-state index < -0.39 is 21.1 Å². The molecule has 0 aliphatic heterocycles. The Bertz CT molecular complexity index is 550. The first kappa shape index (κ1) is 28.3. The van der Waals surface area contributed by atoms with Crippen LogP contribution < -0.4 is 0 Å². The van der Waals surface area contributed by atoms with Crippen molar-refractivity contribution in [3.63, 3.8) is 0 Å². The van der Waals surface area contributed by atoms with Crippen LogP contribution in [0.3, 0.4) is 0 Å². The van der Waals surface area contributed by atoms with Gasteiger partial charge in [-0.1, -0.05) is 0 Å². The Morgan fingerprint density at radius 2 is 1.03 bits per heavy atom. The first-order valence-electron chi connectivity index (χ1n) is 12.8. The van der Waals surface area contributed by atoms with E-state index in [1.165, 1.54) is 0 Å². The predicted molar refractivity (Wildman–Crippen MR) is 132 cm³/mol. The van der Waals surface area contributed by atoms with E-state index in [9.17, 15) is 0 Å². The number of allylic oxidation sites excluding steroid dienone is 4. The van der Waals surface area contributed by atoms with E-state index in [0.717, 1.165) is 39.3 Å². The summed E-state index contributed by atoms with van der Waals surface area (Å²) in [5, 5.41) is 0. The standard InChI is InChI=1S/C14H23.3C4H10N.Zr/c1-9(2)12-7-13(10(3)4)14(8-12)11(5)6;3*1-3-5-4-2;/h7-11H,1-6H3;3*3-4H2,1-2H3;/q;3*-1;+3. The molecule has 0 radical (unpaired) electrons. The summed E-state index contributed by atoms with van der Waals surface area (Å²) in [6, 6.07) is 0. The number of rotatable bonds is 13. The Balaban J connectivity index is 4.22. The summed E-state index contributed by atoms with van der Waals surface area (Å²) in [6.07, 6.45) is 5.42. The Hall–Kier alpha value is 0.243. The van der Waals surface area contributed by atoms with Crippen molar-refractivity contribution in [2.24, 2.45) is 17.8 Å². The van der Waals surface area contributed by atoms with Gasteiger partial charge in [0.25, 0.3) is 0 Å². The maximum atomic E-state index is 2.98. The zero-order valence-electron chi connectivity index (χ0n) is 22.5. The van der Waals surface area contributed by atoms with Crippen molar-refractivity contribution >= 4 is 0 Å². The Labute approximate surface area is 195 Å². The molecule has 0 saturated heterocycles. The van der Waals surface area contributed by atoms with Gasteiger partial charge >= 0.3 is 196 Å². The van der Waals surface area contributed by atoms with E-state index >= 15 is 0 Å². The summed E-state index contributed by atoms with van der Waals surface area (Å²) in [4.78, 5) is 0. The molecule has 0 bridgehead atoms. The van der Waals surface area contributed by atoms with Crippen molar-refractivity contribution in [2.75, 3.05) is 39.3 Å². The zero-order valence-corrected chi connectivity index (χ0v) is 24.9. The molecule has 0 aromatic rings. The van der Waals surface area contributed by atoms with Crippen molar-refractivity contribution in [3.8, 4) is 0 Å². The molecule has 0 aromatic carbocycles. The van der Waals surface area contributed by atoms with Crippen molar-refractivity contribution in [3.05, 3.63) is 23.3 Å². The van der Waals surface area contributed by atoms with Gasteiger partial charge in [0.1, 0.15) is 0 Å². The summed E-state index contributed by atoms with van der Waals surface area (Å²) in [6.45, 7) is 35.9. The van der Waals surface area contributed by atoms with Crippen LogP contribution in [0.15, 0.2) is 23.3 Å². The minimum absolute atomic E-state index is 0.159. The van der Waals surface area contributed by atoms with E-state index in [0.29, 0.717) is 17.8 Å². The average molecular weight is 499 g/mol. The van der Waals surface area contributed by atoms with Crippen LogP contribution in [-0.2, 0) is 21.1 Å². The summed E-state index contributed by atoms with van der Waals surface area (Å²) < 4.78 is 9.09. The fourth-order valence-electron chi connectivity index (χ4n) is 6.22. The van der Waals surface area contributed by atoms with Crippen LogP contribution in [0, 0.1) is 17.8 Å². The van der Waals surface area contributed by atoms with Crippen molar-refractivity contribution in [1.82, 2.24) is 8.53 Å². The van der Waals surface area contributed by atoms with Gasteiger partial charge in [-0.05, 0) is 0 Å². The van der Waals surface area contributed by atoms with Crippen molar-refractivity contribution in [1.29, 1.82) is 0 Å². The fraction of sp³-hybridized carbons (Fsp3) is 0.846. The molecule has 1 rings (SSSR count). The van der Waals surface area contributed by atoms with E-state index in [1.54, 1.807) is 11.1 Å². The molecule has 0 amide bonds. The molecule has 1 unspecified atom stereocenters.